The second-order valence-electron chi connectivity index (χ2n) is 17.6. The van der Waals surface area contributed by atoms with Gasteiger partial charge in [0.1, 0.15) is 5.78 Å². The predicted octanol–water partition coefficient (Wildman–Crippen LogP) is 9.10. The Labute approximate surface area is 265 Å². The number of rotatable bonds is 4. The minimum Gasteiger partial charge on any atom is -0.504 e. The van der Waals surface area contributed by atoms with E-state index in [1.807, 2.05) is 0 Å². The zero-order chi connectivity index (χ0) is 31.9. The first-order chi connectivity index (χ1) is 20.5. The number of ketones is 1. The zero-order valence-corrected chi connectivity index (χ0v) is 28.3. The molecule has 0 bridgehead atoms. The first kappa shape index (κ1) is 31.7. The zero-order valence-electron chi connectivity index (χ0n) is 28.3. The van der Waals surface area contributed by atoms with Crippen LogP contribution in [0.15, 0.2) is 24.3 Å². The first-order valence-electron chi connectivity index (χ1n) is 17.4. The number of fused-ring (bicyclic) bond motifs is 7. The molecule has 5 heteroatoms. The van der Waals surface area contributed by atoms with Gasteiger partial charge in [-0.3, -0.25) is 4.79 Å². The van der Waals surface area contributed by atoms with Gasteiger partial charge in [0.2, 0.25) is 0 Å². The molecule has 1 aromatic carbocycles. The molecule has 0 radical (unpaired) electrons. The molecule has 0 aromatic heterocycles. The molecular formula is C39H56O5. The van der Waals surface area contributed by atoms with Crippen molar-refractivity contribution in [3.05, 3.63) is 29.8 Å². The Morgan fingerprint density at radius 3 is 2.25 bits per heavy atom. The summed E-state index contributed by atoms with van der Waals surface area (Å²) in [7, 11) is 0. The maximum Gasteiger partial charge on any atom is 0.330 e. The molecule has 5 fully saturated rings. The van der Waals surface area contributed by atoms with Gasteiger partial charge in [-0.15, -0.1) is 0 Å². The summed E-state index contributed by atoms with van der Waals surface area (Å²) in [5.41, 5.74) is 1.83. The minimum atomic E-state index is -0.370. The van der Waals surface area contributed by atoms with Gasteiger partial charge < -0.3 is 14.9 Å². The molecule has 10 atom stereocenters. The Bertz CT molecular complexity index is 1370. The number of hydrogen-bond acceptors (Lipinski definition) is 5. The highest BCUT2D eigenvalue weighted by molar-refractivity contribution is 5.87. The standard InChI is InChI=1S/C39H56O5/c1-25-27(40)11-12-30-36(25,4)15-14-31-37(30,5)19-21-39(7)32-23-34(2,16-17-35(32,3)18-20-38(31,39)6)24-44-33(43)13-9-26-8-10-28(41)29(42)22-26/h8-10,13,22,25,30-32,41-42H,11-12,14-21,23-24H2,1-7H3. The van der Waals surface area contributed by atoms with Crippen LogP contribution in [0.3, 0.4) is 0 Å². The Morgan fingerprint density at radius 1 is 0.841 bits per heavy atom. The van der Waals surface area contributed by atoms with Crippen molar-refractivity contribution >= 4 is 17.8 Å². The van der Waals surface area contributed by atoms with Crippen molar-refractivity contribution < 1.29 is 24.5 Å². The lowest BCUT2D eigenvalue weighted by molar-refractivity contribution is -0.258. The molecule has 5 nitrogen and oxygen atoms in total. The minimum absolute atomic E-state index is 0.0587. The number of hydrogen-bond donors (Lipinski definition) is 2. The van der Waals surface area contributed by atoms with E-state index in [0.717, 1.165) is 25.7 Å². The number of carbonyl (C=O) groups excluding carboxylic acids is 2. The highest BCUT2D eigenvalue weighted by Crippen LogP contribution is 2.78. The van der Waals surface area contributed by atoms with Gasteiger partial charge in [-0.05, 0) is 133 Å². The molecule has 242 valence electrons. The molecular weight excluding hydrogens is 548 g/mol. The average molecular weight is 605 g/mol. The van der Waals surface area contributed by atoms with Gasteiger partial charge >= 0.3 is 5.97 Å². The second-order valence-corrected chi connectivity index (χ2v) is 17.6. The van der Waals surface area contributed by atoms with Crippen LogP contribution < -0.4 is 0 Å². The number of carbonyl (C=O) groups is 2. The molecule has 2 N–H and O–H groups in total. The van der Waals surface area contributed by atoms with Crippen LogP contribution in [0.1, 0.15) is 125 Å². The Hall–Kier alpha value is -2.30. The molecule has 5 aliphatic carbocycles. The quantitative estimate of drug-likeness (QED) is 0.203. The van der Waals surface area contributed by atoms with Crippen LogP contribution in [0.2, 0.25) is 0 Å². The lowest BCUT2D eigenvalue weighted by Crippen LogP contribution is -2.67. The fourth-order valence-corrected chi connectivity index (χ4v) is 12.3. The van der Waals surface area contributed by atoms with Crippen LogP contribution >= 0.6 is 0 Å². The molecule has 5 aliphatic rings. The van der Waals surface area contributed by atoms with Crippen molar-refractivity contribution in [1.29, 1.82) is 0 Å². The van der Waals surface area contributed by atoms with Crippen molar-refractivity contribution in [2.24, 2.45) is 56.2 Å². The summed E-state index contributed by atoms with van der Waals surface area (Å²) < 4.78 is 5.89. The van der Waals surface area contributed by atoms with E-state index in [-0.39, 0.29) is 50.5 Å². The number of phenols is 2. The largest absolute Gasteiger partial charge is 0.504 e. The van der Waals surface area contributed by atoms with Gasteiger partial charge in [0.25, 0.3) is 0 Å². The molecule has 0 amide bonds. The van der Waals surface area contributed by atoms with Crippen molar-refractivity contribution in [3.8, 4) is 11.5 Å². The summed E-state index contributed by atoms with van der Waals surface area (Å²) >= 11 is 0. The summed E-state index contributed by atoms with van der Waals surface area (Å²) in [6, 6.07) is 4.49. The van der Waals surface area contributed by atoms with Crippen molar-refractivity contribution in [2.75, 3.05) is 6.61 Å². The average Bonchev–Trinajstić information content (AvgIpc) is 2.97. The summed E-state index contributed by atoms with van der Waals surface area (Å²) in [6.07, 6.45) is 15.8. The number of Topliss-reactive ketones (excluding diaryl/α,β-unsaturated/α-hetero) is 1. The monoisotopic (exact) mass is 604 g/mol. The molecule has 1 aromatic rings. The molecule has 0 aliphatic heterocycles. The van der Waals surface area contributed by atoms with E-state index in [2.05, 4.69) is 48.5 Å². The maximum absolute atomic E-state index is 12.9. The Morgan fingerprint density at radius 2 is 1.52 bits per heavy atom. The van der Waals surface area contributed by atoms with Gasteiger partial charge in [0.15, 0.2) is 11.5 Å². The van der Waals surface area contributed by atoms with Gasteiger partial charge in [0, 0.05) is 23.8 Å². The smallest absolute Gasteiger partial charge is 0.330 e. The Balaban J connectivity index is 1.20. The predicted molar refractivity (Wildman–Crippen MR) is 174 cm³/mol. The highest BCUT2D eigenvalue weighted by atomic mass is 16.5. The van der Waals surface area contributed by atoms with Crippen LogP contribution in [0, 0.1) is 56.2 Å². The van der Waals surface area contributed by atoms with Crippen molar-refractivity contribution in [2.45, 2.75) is 119 Å². The van der Waals surface area contributed by atoms with Gasteiger partial charge in [-0.1, -0.05) is 54.5 Å². The lowest BCUT2D eigenvalue weighted by atomic mass is 9.30. The Kier molecular flexibility index (Phi) is 7.46. The van der Waals surface area contributed by atoms with Crippen LogP contribution in [0.5, 0.6) is 11.5 Å². The van der Waals surface area contributed by atoms with E-state index < -0.39 is 0 Å². The van der Waals surface area contributed by atoms with Gasteiger partial charge in [-0.2, -0.15) is 0 Å². The number of esters is 1. The van der Waals surface area contributed by atoms with E-state index in [9.17, 15) is 19.8 Å². The highest BCUT2D eigenvalue weighted by Gasteiger charge is 2.71. The third-order valence-corrected chi connectivity index (χ3v) is 15.6. The fraction of sp³-hybridized carbons (Fsp3) is 0.744. The van der Waals surface area contributed by atoms with E-state index >= 15 is 0 Å². The van der Waals surface area contributed by atoms with E-state index in [4.69, 9.17) is 4.74 Å². The van der Waals surface area contributed by atoms with Crippen LogP contribution in [0.4, 0.5) is 0 Å². The first-order valence-corrected chi connectivity index (χ1v) is 17.4. The normalized spacial score (nSPS) is 46.8. The summed E-state index contributed by atoms with van der Waals surface area (Å²) in [5.74, 6) is 1.82. The number of benzene rings is 1. The molecule has 0 spiro atoms. The van der Waals surface area contributed by atoms with Crippen molar-refractivity contribution in [3.63, 3.8) is 0 Å². The summed E-state index contributed by atoms with van der Waals surface area (Å²) in [6.45, 7) is 17.9. The molecule has 6 rings (SSSR count). The van der Waals surface area contributed by atoms with E-state index in [0.29, 0.717) is 41.1 Å². The lowest BCUT2D eigenvalue weighted by Gasteiger charge is -2.74. The molecule has 5 saturated carbocycles. The molecule has 0 heterocycles. The summed E-state index contributed by atoms with van der Waals surface area (Å²) in [5, 5.41) is 19.3. The van der Waals surface area contributed by atoms with Crippen LogP contribution in [0.25, 0.3) is 6.08 Å². The van der Waals surface area contributed by atoms with Crippen LogP contribution in [-0.4, -0.2) is 28.6 Å². The van der Waals surface area contributed by atoms with Crippen LogP contribution in [-0.2, 0) is 14.3 Å². The molecule has 10 unspecified atom stereocenters. The molecule has 44 heavy (non-hydrogen) atoms. The number of aromatic hydroxyl groups is 2. The third kappa shape index (κ3) is 4.60. The third-order valence-electron chi connectivity index (χ3n) is 15.6. The summed E-state index contributed by atoms with van der Waals surface area (Å²) in [4.78, 5) is 25.7. The topological polar surface area (TPSA) is 83.8 Å². The number of ether oxygens (including phenoxy) is 1. The SMILES string of the molecule is CC1C(=O)CCC2C1(C)CCC1C2(C)CCC2(C)C3CC(C)(COC(=O)C=Cc4ccc(O)c(O)c4)CCC3(C)CCC12C. The van der Waals surface area contributed by atoms with Gasteiger partial charge in [-0.25, -0.2) is 4.79 Å². The maximum atomic E-state index is 12.9. The second kappa shape index (κ2) is 10.4. The molecule has 0 saturated heterocycles. The van der Waals surface area contributed by atoms with E-state index in [1.165, 1.54) is 63.2 Å². The van der Waals surface area contributed by atoms with E-state index in [1.54, 1.807) is 12.1 Å². The fourth-order valence-electron chi connectivity index (χ4n) is 12.3. The van der Waals surface area contributed by atoms with Gasteiger partial charge in [0.05, 0.1) is 6.61 Å². The van der Waals surface area contributed by atoms with Crippen molar-refractivity contribution in [1.82, 2.24) is 0 Å². The number of phenolic OH excluding ortho intramolecular Hbond substituents is 2.